The largest absolute Gasteiger partial charge is 0.325 e. The van der Waals surface area contributed by atoms with Gasteiger partial charge in [0.25, 0.3) is 5.91 Å². The summed E-state index contributed by atoms with van der Waals surface area (Å²) >= 11 is 4.31. The molecule has 2 aromatic carbocycles. The molecule has 0 atom stereocenters. The Morgan fingerprint density at radius 1 is 0.964 bits per heavy atom. The van der Waals surface area contributed by atoms with Gasteiger partial charge < -0.3 is 10.6 Å². The van der Waals surface area contributed by atoms with E-state index in [1.165, 1.54) is 34.4 Å². The number of thiophene rings is 1. The molecule has 8 heteroatoms. The van der Waals surface area contributed by atoms with Gasteiger partial charge in [-0.15, -0.1) is 22.7 Å². The minimum absolute atomic E-state index is 0.0700. The van der Waals surface area contributed by atoms with Gasteiger partial charge in [-0.1, -0.05) is 36.0 Å². The van der Waals surface area contributed by atoms with Crippen LogP contribution in [0.25, 0.3) is 10.2 Å². The molecule has 5 nitrogen and oxygen atoms in total. The van der Waals surface area contributed by atoms with E-state index in [1.807, 2.05) is 60.0 Å². The predicted octanol–water partition coefficient (Wildman–Crippen LogP) is 5.34. The third-order valence-electron chi connectivity index (χ3n) is 3.76. The van der Waals surface area contributed by atoms with Crippen LogP contribution in [0.5, 0.6) is 0 Å². The Morgan fingerprint density at radius 3 is 2.61 bits per heavy atom. The molecule has 0 unspecified atom stereocenters. The summed E-state index contributed by atoms with van der Waals surface area (Å²) in [5, 5.41) is 7.64. The molecule has 2 amide bonds. The summed E-state index contributed by atoms with van der Waals surface area (Å²) < 4.78 is 1.79. The number of rotatable bonds is 6. The minimum Gasteiger partial charge on any atom is -0.325 e. The van der Waals surface area contributed by atoms with Crippen molar-refractivity contribution in [2.45, 2.75) is 4.34 Å². The molecule has 2 N–H and O–H groups in total. The van der Waals surface area contributed by atoms with E-state index in [4.69, 9.17) is 0 Å². The zero-order valence-electron chi connectivity index (χ0n) is 14.5. The monoisotopic (exact) mass is 425 g/mol. The quantitative estimate of drug-likeness (QED) is 0.409. The summed E-state index contributed by atoms with van der Waals surface area (Å²) in [5.41, 5.74) is 2.36. The average Bonchev–Trinajstić information content (AvgIpc) is 3.36. The van der Waals surface area contributed by atoms with E-state index in [2.05, 4.69) is 15.6 Å². The van der Waals surface area contributed by atoms with E-state index in [-0.39, 0.29) is 17.6 Å². The van der Waals surface area contributed by atoms with Crippen LogP contribution < -0.4 is 10.6 Å². The van der Waals surface area contributed by atoms with Crippen LogP contribution in [0.4, 0.5) is 11.4 Å². The second-order valence-corrected chi connectivity index (χ2v) is 9.00. The molecule has 0 aliphatic rings. The molecule has 0 aliphatic heterocycles. The third kappa shape index (κ3) is 4.59. The molecule has 0 bridgehead atoms. The van der Waals surface area contributed by atoms with Crippen molar-refractivity contribution >= 4 is 67.8 Å². The van der Waals surface area contributed by atoms with Crippen LogP contribution in [0, 0.1) is 0 Å². The Morgan fingerprint density at radius 2 is 1.82 bits per heavy atom. The molecule has 4 rings (SSSR count). The average molecular weight is 426 g/mol. The normalized spacial score (nSPS) is 10.7. The first-order valence-electron chi connectivity index (χ1n) is 8.40. The summed E-state index contributed by atoms with van der Waals surface area (Å²) in [4.78, 5) is 29.5. The molecule has 0 spiro atoms. The number of carbonyl (C=O) groups is 2. The highest BCUT2D eigenvalue weighted by Crippen LogP contribution is 2.31. The molecular weight excluding hydrogens is 410 g/mol. The molecule has 0 saturated heterocycles. The Kier molecular flexibility index (Phi) is 5.70. The summed E-state index contributed by atoms with van der Waals surface area (Å²) in [6.07, 6.45) is 0. The number of nitrogens with one attached hydrogen (secondary N) is 2. The van der Waals surface area contributed by atoms with E-state index in [1.54, 1.807) is 6.07 Å². The van der Waals surface area contributed by atoms with Crippen LogP contribution >= 0.6 is 34.4 Å². The lowest BCUT2D eigenvalue weighted by Crippen LogP contribution is -2.13. The molecule has 0 radical (unpaired) electrons. The van der Waals surface area contributed by atoms with Crippen LogP contribution in [0.2, 0.25) is 0 Å². The molecule has 0 fully saturated rings. The lowest BCUT2D eigenvalue weighted by Gasteiger charge is -2.03. The first-order valence-corrected chi connectivity index (χ1v) is 11.1. The molecule has 2 aromatic heterocycles. The third-order valence-corrected chi connectivity index (χ3v) is 6.79. The Hall–Kier alpha value is -2.68. The lowest BCUT2D eigenvalue weighted by atomic mass is 10.3. The van der Waals surface area contributed by atoms with Crippen molar-refractivity contribution in [1.29, 1.82) is 0 Å². The summed E-state index contributed by atoms with van der Waals surface area (Å²) in [5.74, 6) is 0.0989. The van der Waals surface area contributed by atoms with Gasteiger partial charge in [0.1, 0.15) is 0 Å². The van der Waals surface area contributed by atoms with E-state index in [0.717, 1.165) is 25.9 Å². The van der Waals surface area contributed by atoms with Gasteiger partial charge in [-0.2, -0.15) is 0 Å². The highest BCUT2D eigenvalue weighted by atomic mass is 32.2. The van der Waals surface area contributed by atoms with Gasteiger partial charge in [0, 0.05) is 11.4 Å². The molecule has 0 aliphatic carbocycles. The van der Waals surface area contributed by atoms with Crippen LogP contribution in [-0.2, 0) is 4.79 Å². The zero-order valence-corrected chi connectivity index (χ0v) is 17.0. The van der Waals surface area contributed by atoms with E-state index >= 15 is 0 Å². The van der Waals surface area contributed by atoms with Gasteiger partial charge in [-0.05, 0) is 41.8 Å². The molecule has 28 heavy (non-hydrogen) atoms. The number of nitrogens with zero attached hydrogens (tertiary/aromatic N) is 1. The van der Waals surface area contributed by atoms with Crippen molar-refractivity contribution in [3.63, 3.8) is 0 Å². The SMILES string of the molecule is O=C(CSc1nc2ccc(NC(=O)c3cccs3)cc2s1)Nc1ccccc1. The Labute approximate surface area is 173 Å². The number of amides is 2. The van der Waals surface area contributed by atoms with Crippen LogP contribution in [0.15, 0.2) is 70.4 Å². The molecule has 4 aromatic rings. The van der Waals surface area contributed by atoms with Crippen LogP contribution in [0.1, 0.15) is 9.67 Å². The number of para-hydroxylation sites is 1. The fourth-order valence-corrected chi connectivity index (χ4v) is 5.02. The number of fused-ring (bicyclic) bond motifs is 1. The van der Waals surface area contributed by atoms with Crippen LogP contribution in [-0.4, -0.2) is 22.6 Å². The molecular formula is C20H15N3O2S3. The van der Waals surface area contributed by atoms with E-state index < -0.39 is 0 Å². The highest BCUT2D eigenvalue weighted by Gasteiger charge is 2.11. The minimum atomic E-state index is -0.119. The maximum atomic E-state index is 12.2. The highest BCUT2D eigenvalue weighted by molar-refractivity contribution is 8.01. The fraction of sp³-hybridized carbons (Fsp3) is 0.0500. The second-order valence-electron chi connectivity index (χ2n) is 5.80. The molecule has 0 saturated carbocycles. The topological polar surface area (TPSA) is 71.1 Å². The Bertz CT molecular complexity index is 1110. The Balaban J connectivity index is 1.39. The van der Waals surface area contributed by atoms with Gasteiger partial charge in [-0.3, -0.25) is 9.59 Å². The summed E-state index contributed by atoms with van der Waals surface area (Å²) in [6.45, 7) is 0. The maximum absolute atomic E-state index is 12.2. The van der Waals surface area contributed by atoms with Gasteiger partial charge in [-0.25, -0.2) is 4.98 Å². The number of thiazole rings is 1. The first kappa shape index (κ1) is 18.7. The smallest absolute Gasteiger partial charge is 0.265 e. The predicted molar refractivity (Wildman–Crippen MR) is 118 cm³/mol. The van der Waals surface area contributed by atoms with E-state index in [0.29, 0.717) is 4.88 Å². The number of hydrogen-bond donors (Lipinski definition) is 2. The van der Waals surface area contributed by atoms with Gasteiger partial charge in [0.2, 0.25) is 5.91 Å². The number of carbonyl (C=O) groups excluding carboxylic acids is 2. The standard InChI is InChI=1S/C20H15N3O2S3/c24-18(21-13-5-2-1-3-6-13)12-27-20-23-15-9-8-14(11-17(15)28-20)22-19(25)16-7-4-10-26-16/h1-11H,12H2,(H,21,24)(H,22,25). The summed E-state index contributed by atoms with van der Waals surface area (Å²) in [7, 11) is 0. The number of anilines is 2. The number of hydrogen-bond acceptors (Lipinski definition) is 6. The van der Waals surface area contributed by atoms with Crippen molar-refractivity contribution in [3.05, 3.63) is 70.9 Å². The van der Waals surface area contributed by atoms with Crippen molar-refractivity contribution < 1.29 is 9.59 Å². The lowest BCUT2D eigenvalue weighted by molar-refractivity contribution is -0.113. The number of benzene rings is 2. The van der Waals surface area contributed by atoms with Crippen molar-refractivity contribution in [3.8, 4) is 0 Å². The van der Waals surface area contributed by atoms with Crippen molar-refractivity contribution in [2.75, 3.05) is 16.4 Å². The van der Waals surface area contributed by atoms with E-state index in [9.17, 15) is 9.59 Å². The number of thioether (sulfide) groups is 1. The fourth-order valence-electron chi connectivity index (χ4n) is 2.49. The molecule has 2 heterocycles. The first-order chi connectivity index (χ1) is 13.7. The van der Waals surface area contributed by atoms with Gasteiger partial charge in [0.15, 0.2) is 4.34 Å². The van der Waals surface area contributed by atoms with Crippen molar-refractivity contribution in [2.24, 2.45) is 0 Å². The van der Waals surface area contributed by atoms with Gasteiger partial charge in [0.05, 0.1) is 20.8 Å². The van der Waals surface area contributed by atoms with Crippen molar-refractivity contribution in [1.82, 2.24) is 4.98 Å². The maximum Gasteiger partial charge on any atom is 0.265 e. The summed E-state index contributed by atoms with van der Waals surface area (Å²) in [6, 6.07) is 18.6. The van der Waals surface area contributed by atoms with Gasteiger partial charge >= 0.3 is 0 Å². The second kappa shape index (κ2) is 8.55. The van der Waals surface area contributed by atoms with Crippen LogP contribution in [0.3, 0.4) is 0 Å². The number of aromatic nitrogens is 1. The zero-order chi connectivity index (χ0) is 19.3. The molecule has 140 valence electrons.